The van der Waals surface area contributed by atoms with Crippen molar-refractivity contribution in [2.75, 3.05) is 0 Å². The van der Waals surface area contributed by atoms with Crippen LogP contribution in [-0.4, -0.2) is 27.4 Å². The maximum atomic E-state index is 7.34. The van der Waals surface area contributed by atoms with Crippen molar-refractivity contribution in [2.45, 2.75) is 0 Å². The molecule has 0 saturated heterocycles. The second-order valence-corrected chi connectivity index (χ2v) is 29.8. The third-order valence-electron chi connectivity index (χ3n) is 17.8. The number of fused-ring (bicyclic) bond motifs is 7. The van der Waals surface area contributed by atoms with Gasteiger partial charge in [-0.05, 0) is 98.9 Å². The summed E-state index contributed by atoms with van der Waals surface area (Å²) in [7, 11) is -5.60. The quantitative estimate of drug-likeness (QED) is 0.0952. The molecule has 0 bridgehead atoms. The Bertz CT molecular complexity index is 4290. The summed E-state index contributed by atoms with van der Waals surface area (Å²) < 4.78 is 17.0. The predicted molar refractivity (Wildman–Crippen MR) is 357 cm³/mol. The zero-order valence-electron chi connectivity index (χ0n) is 46.0. The van der Waals surface area contributed by atoms with E-state index in [1.807, 2.05) is 0 Å². The van der Waals surface area contributed by atoms with Crippen molar-refractivity contribution < 1.29 is 9.47 Å². The smallest absolute Gasteiger partial charge is 0.260 e. The molecular weight excluding hydrogens is 1050 g/mol. The Hall–Kier alpha value is -10.2. The van der Waals surface area contributed by atoms with Crippen LogP contribution in [0.2, 0.25) is 0 Å². The lowest BCUT2D eigenvalue weighted by Gasteiger charge is -2.35. The number of para-hydroxylation sites is 2. The molecule has 84 heavy (non-hydrogen) atoms. The molecule has 14 aromatic rings. The Labute approximate surface area is 492 Å². The number of rotatable bonds is 11. The molecule has 2 aliphatic heterocycles. The van der Waals surface area contributed by atoms with Crippen LogP contribution in [0.3, 0.4) is 0 Å². The molecule has 6 heteroatoms. The van der Waals surface area contributed by atoms with Crippen molar-refractivity contribution in [3.63, 3.8) is 0 Å². The lowest BCUT2D eigenvalue weighted by Crippen LogP contribution is -2.74. The number of benzene rings is 13. The molecule has 2 aliphatic rings. The first-order chi connectivity index (χ1) is 41.6. The SMILES string of the molecule is c1ccc([Si](c2ccccc2)(c2ccccc2)c2cccc(-c3ccc4c(c3)Oc3cc(-n5c6ccccc6c6ccccc65)cc5c3B4c3ccc(-c4cccc([Si](c6ccccc6)(c6ccccc6)c6ccccc6)c4)cc3O5)c2)cc1. The van der Waals surface area contributed by atoms with Crippen LogP contribution in [0.25, 0.3) is 49.7 Å². The fraction of sp³-hybridized carbons (Fsp3) is 0. The van der Waals surface area contributed by atoms with Crippen molar-refractivity contribution in [1.29, 1.82) is 0 Å². The van der Waals surface area contributed by atoms with Gasteiger partial charge < -0.3 is 14.0 Å². The van der Waals surface area contributed by atoms with Gasteiger partial charge in [-0.3, -0.25) is 0 Å². The molecule has 0 atom stereocenters. The molecule has 16 rings (SSSR count). The summed E-state index contributed by atoms with van der Waals surface area (Å²) in [6, 6.07) is 121. The fourth-order valence-corrected chi connectivity index (χ4v) is 23.8. The molecule has 0 radical (unpaired) electrons. The monoisotopic (exact) mass is 1100 g/mol. The molecule has 0 fully saturated rings. The first-order valence-electron chi connectivity index (χ1n) is 29.0. The van der Waals surface area contributed by atoms with E-state index >= 15 is 0 Å². The predicted octanol–water partition coefficient (Wildman–Crippen LogP) is 11.6. The van der Waals surface area contributed by atoms with Crippen LogP contribution in [0.5, 0.6) is 23.0 Å². The van der Waals surface area contributed by atoms with E-state index in [-0.39, 0.29) is 6.71 Å². The molecule has 394 valence electrons. The van der Waals surface area contributed by atoms with Gasteiger partial charge in [-0.1, -0.05) is 291 Å². The van der Waals surface area contributed by atoms with E-state index in [4.69, 9.17) is 9.47 Å². The fourth-order valence-electron chi connectivity index (χ4n) is 14.2. The van der Waals surface area contributed by atoms with Crippen molar-refractivity contribution in [3.8, 4) is 50.9 Å². The van der Waals surface area contributed by atoms with E-state index in [1.54, 1.807) is 0 Å². The van der Waals surface area contributed by atoms with Gasteiger partial charge in [0.2, 0.25) is 0 Å². The average Bonchev–Trinajstić information content (AvgIpc) is 1.18. The number of ether oxygens (including phenoxy) is 2. The van der Waals surface area contributed by atoms with Gasteiger partial charge in [0.15, 0.2) is 16.1 Å². The summed E-state index contributed by atoms with van der Waals surface area (Å²) in [4.78, 5) is 0. The average molecular weight is 1100 g/mol. The molecule has 1 aromatic heterocycles. The van der Waals surface area contributed by atoms with E-state index in [9.17, 15) is 0 Å². The van der Waals surface area contributed by atoms with Crippen LogP contribution in [0.4, 0.5) is 0 Å². The number of hydrogen-bond donors (Lipinski definition) is 0. The highest BCUT2D eigenvalue weighted by atomic mass is 28.3. The third kappa shape index (κ3) is 7.86. The van der Waals surface area contributed by atoms with Gasteiger partial charge in [0.05, 0.1) is 16.7 Å². The standard InChI is InChI=1S/C78H54BNO2Si2/c1-7-27-60(28-8-1)83(61-29-9-2-10-30-61,62-31-11-3-12-32-62)66-39-23-25-55(49-66)57-45-47-70-74(51-57)81-76-53-59(80-72-43-21-19-41-68(72)69-42-20-22-44-73(69)80)54-77-78(76)79(70)71-48-46-58(52-75(71)82-77)56-26-24-40-67(50-56)84(63-33-13-4-14-34-63,64-35-15-5-16-36-64)65-37-17-6-18-38-65/h1-54H. The van der Waals surface area contributed by atoms with Gasteiger partial charge in [0.1, 0.15) is 23.0 Å². The van der Waals surface area contributed by atoms with Crippen molar-refractivity contribution >= 4 is 103 Å². The molecule has 3 heterocycles. The highest BCUT2D eigenvalue weighted by molar-refractivity contribution is 7.20. The minimum absolute atomic E-state index is 0.154. The largest absolute Gasteiger partial charge is 0.458 e. The van der Waals surface area contributed by atoms with Crippen molar-refractivity contribution in [2.24, 2.45) is 0 Å². The maximum absolute atomic E-state index is 7.34. The summed E-state index contributed by atoms with van der Waals surface area (Å²) in [6.45, 7) is -0.154. The minimum Gasteiger partial charge on any atom is -0.458 e. The Kier molecular flexibility index (Phi) is 12.0. The number of aromatic nitrogens is 1. The van der Waals surface area contributed by atoms with E-state index in [0.717, 1.165) is 78.4 Å². The maximum Gasteiger partial charge on any atom is 0.260 e. The molecule has 0 unspecified atom stereocenters. The number of nitrogens with zero attached hydrogens (tertiary/aromatic N) is 1. The van der Waals surface area contributed by atoms with Crippen LogP contribution >= 0.6 is 0 Å². The highest BCUT2D eigenvalue weighted by Gasteiger charge is 2.44. The van der Waals surface area contributed by atoms with E-state index < -0.39 is 16.1 Å². The Morgan fingerprint density at radius 1 is 0.250 bits per heavy atom. The highest BCUT2D eigenvalue weighted by Crippen LogP contribution is 2.41. The first-order valence-corrected chi connectivity index (χ1v) is 33.0. The van der Waals surface area contributed by atoms with Gasteiger partial charge in [0.25, 0.3) is 6.71 Å². The van der Waals surface area contributed by atoms with Crippen LogP contribution in [-0.2, 0) is 0 Å². The van der Waals surface area contributed by atoms with Crippen LogP contribution < -0.4 is 67.4 Å². The normalized spacial score (nSPS) is 12.5. The van der Waals surface area contributed by atoms with Crippen molar-refractivity contribution in [3.05, 3.63) is 328 Å². The zero-order valence-corrected chi connectivity index (χ0v) is 48.0. The summed E-state index contributed by atoms with van der Waals surface area (Å²) in [5.41, 5.74) is 11.0. The summed E-state index contributed by atoms with van der Waals surface area (Å²) in [6.07, 6.45) is 0. The second kappa shape index (κ2) is 20.3. The summed E-state index contributed by atoms with van der Waals surface area (Å²) in [5, 5.41) is 13.1. The zero-order chi connectivity index (χ0) is 55.6. The summed E-state index contributed by atoms with van der Waals surface area (Å²) >= 11 is 0. The minimum atomic E-state index is -2.80. The third-order valence-corrected chi connectivity index (χ3v) is 27.4. The van der Waals surface area contributed by atoms with Crippen LogP contribution in [0.1, 0.15) is 0 Å². The van der Waals surface area contributed by atoms with E-state index in [1.165, 1.54) is 52.3 Å². The molecule has 0 amide bonds. The molecule has 0 aliphatic carbocycles. The van der Waals surface area contributed by atoms with Gasteiger partial charge in [-0.2, -0.15) is 0 Å². The van der Waals surface area contributed by atoms with E-state index in [2.05, 4.69) is 332 Å². The molecule has 0 saturated carbocycles. The van der Waals surface area contributed by atoms with Gasteiger partial charge in [-0.15, -0.1) is 0 Å². The molecule has 13 aromatic carbocycles. The van der Waals surface area contributed by atoms with Crippen LogP contribution in [0.15, 0.2) is 328 Å². The lowest BCUT2D eigenvalue weighted by molar-refractivity contribution is 0.464. The Balaban J connectivity index is 0.865. The van der Waals surface area contributed by atoms with Gasteiger partial charge in [0, 0.05) is 28.4 Å². The van der Waals surface area contributed by atoms with E-state index in [0.29, 0.717) is 0 Å². The lowest BCUT2D eigenvalue weighted by atomic mass is 9.34. The molecule has 0 spiro atoms. The van der Waals surface area contributed by atoms with Crippen molar-refractivity contribution in [1.82, 2.24) is 4.57 Å². The first kappa shape index (κ1) is 49.6. The second-order valence-electron chi connectivity index (χ2n) is 22.2. The number of hydrogen-bond acceptors (Lipinski definition) is 2. The topological polar surface area (TPSA) is 23.4 Å². The molecular formula is C78H54BNO2Si2. The van der Waals surface area contributed by atoms with Gasteiger partial charge in [-0.25, -0.2) is 0 Å². The Morgan fingerprint density at radius 2 is 0.560 bits per heavy atom. The Morgan fingerprint density at radius 3 is 0.917 bits per heavy atom. The molecule has 0 N–H and O–H groups in total. The summed E-state index contributed by atoms with van der Waals surface area (Å²) in [5.74, 6) is 3.27. The van der Waals surface area contributed by atoms with Gasteiger partial charge >= 0.3 is 0 Å². The van der Waals surface area contributed by atoms with Crippen LogP contribution in [0, 0.1) is 0 Å². The molecule has 3 nitrogen and oxygen atoms in total.